The fourth-order valence-corrected chi connectivity index (χ4v) is 2.82. The molecule has 4 heteroatoms. The Morgan fingerprint density at radius 2 is 2.56 bits per heavy atom. The highest BCUT2D eigenvalue weighted by Crippen LogP contribution is 2.26. The highest BCUT2D eigenvalue weighted by atomic mass is 32.1. The van der Waals surface area contributed by atoms with E-state index in [0.717, 1.165) is 19.4 Å². The summed E-state index contributed by atoms with van der Waals surface area (Å²) in [5.74, 6) is 0. The molecule has 1 aliphatic heterocycles. The molecular weight excluding hydrogens is 222 g/mol. The molecule has 2 N–H and O–H groups in total. The van der Waals surface area contributed by atoms with Crippen molar-refractivity contribution in [2.24, 2.45) is 5.73 Å². The number of thiophene rings is 1. The molecule has 1 aliphatic rings. The molecule has 3 nitrogen and oxygen atoms in total. The number of rotatable bonds is 5. The van der Waals surface area contributed by atoms with Crippen molar-refractivity contribution >= 4 is 11.3 Å². The maximum Gasteiger partial charge on any atom is 0.107 e. The summed E-state index contributed by atoms with van der Waals surface area (Å²) in [6.07, 6.45) is 2.52. The van der Waals surface area contributed by atoms with Crippen LogP contribution < -0.4 is 5.73 Å². The van der Waals surface area contributed by atoms with Crippen LogP contribution in [0.3, 0.4) is 0 Å². The van der Waals surface area contributed by atoms with Gasteiger partial charge in [0.2, 0.25) is 0 Å². The Balaban J connectivity index is 1.88. The fraction of sp³-hybridized carbons (Fsp3) is 0.667. The minimum absolute atomic E-state index is 0.00389. The molecule has 1 fully saturated rings. The van der Waals surface area contributed by atoms with Crippen molar-refractivity contribution < 1.29 is 9.47 Å². The van der Waals surface area contributed by atoms with Crippen LogP contribution in [0.5, 0.6) is 0 Å². The predicted molar refractivity (Wildman–Crippen MR) is 65.6 cm³/mol. The summed E-state index contributed by atoms with van der Waals surface area (Å²) in [6.45, 7) is 3.51. The average molecular weight is 241 g/mol. The van der Waals surface area contributed by atoms with Gasteiger partial charge < -0.3 is 15.2 Å². The van der Waals surface area contributed by atoms with Gasteiger partial charge in [-0.2, -0.15) is 0 Å². The van der Waals surface area contributed by atoms with Crippen molar-refractivity contribution in [2.75, 3.05) is 13.2 Å². The second-order valence-corrected chi connectivity index (χ2v) is 5.24. The van der Waals surface area contributed by atoms with Crippen LogP contribution in [0.4, 0.5) is 0 Å². The Morgan fingerprint density at radius 1 is 1.69 bits per heavy atom. The SMILES string of the molecule is CC(N)C(OCC1CCCO1)c1cccs1. The number of ether oxygens (including phenoxy) is 2. The molecule has 1 aromatic rings. The van der Waals surface area contributed by atoms with E-state index < -0.39 is 0 Å². The molecule has 90 valence electrons. The van der Waals surface area contributed by atoms with Crippen LogP contribution in [0, 0.1) is 0 Å². The molecule has 3 unspecified atom stereocenters. The van der Waals surface area contributed by atoms with E-state index in [9.17, 15) is 0 Å². The van der Waals surface area contributed by atoms with Crippen LogP contribution in [0.2, 0.25) is 0 Å². The molecule has 0 saturated carbocycles. The highest BCUT2D eigenvalue weighted by molar-refractivity contribution is 7.10. The van der Waals surface area contributed by atoms with Crippen molar-refractivity contribution in [3.05, 3.63) is 22.4 Å². The Morgan fingerprint density at radius 3 is 3.12 bits per heavy atom. The van der Waals surface area contributed by atoms with Crippen LogP contribution in [-0.2, 0) is 9.47 Å². The molecule has 1 aromatic heterocycles. The molecule has 0 spiro atoms. The van der Waals surface area contributed by atoms with Gasteiger partial charge in [-0.05, 0) is 31.2 Å². The van der Waals surface area contributed by atoms with E-state index in [-0.39, 0.29) is 18.2 Å². The summed E-state index contributed by atoms with van der Waals surface area (Å²) in [5.41, 5.74) is 5.95. The lowest BCUT2D eigenvalue weighted by atomic mass is 10.1. The normalized spacial score (nSPS) is 24.5. The molecule has 0 bridgehead atoms. The van der Waals surface area contributed by atoms with Crippen LogP contribution in [-0.4, -0.2) is 25.4 Å². The number of hydrogen-bond donors (Lipinski definition) is 1. The maximum absolute atomic E-state index is 5.95. The van der Waals surface area contributed by atoms with Crippen molar-refractivity contribution in [3.8, 4) is 0 Å². The summed E-state index contributed by atoms with van der Waals surface area (Å²) >= 11 is 1.70. The predicted octanol–water partition coefficient (Wildman–Crippen LogP) is 2.33. The fourth-order valence-electron chi connectivity index (χ4n) is 1.93. The molecule has 0 amide bonds. The summed E-state index contributed by atoms with van der Waals surface area (Å²) in [5, 5.41) is 2.06. The Kier molecular flexibility index (Phi) is 4.35. The highest BCUT2D eigenvalue weighted by Gasteiger charge is 2.22. The average Bonchev–Trinajstić information content (AvgIpc) is 2.88. The summed E-state index contributed by atoms with van der Waals surface area (Å²) in [4.78, 5) is 1.20. The lowest BCUT2D eigenvalue weighted by Crippen LogP contribution is -2.29. The van der Waals surface area contributed by atoms with Gasteiger partial charge in [0.1, 0.15) is 6.10 Å². The van der Waals surface area contributed by atoms with Gasteiger partial charge in [-0.15, -0.1) is 11.3 Å². The zero-order valence-corrected chi connectivity index (χ0v) is 10.4. The third kappa shape index (κ3) is 3.04. The molecule has 0 aromatic carbocycles. The third-order valence-corrected chi connectivity index (χ3v) is 3.72. The van der Waals surface area contributed by atoms with E-state index >= 15 is 0 Å². The van der Waals surface area contributed by atoms with E-state index in [0.29, 0.717) is 6.61 Å². The second kappa shape index (κ2) is 5.77. The minimum Gasteiger partial charge on any atom is -0.376 e. The second-order valence-electron chi connectivity index (χ2n) is 4.26. The van der Waals surface area contributed by atoms with Crippen LogP contribution in [0.15, 0.2) is 17.5 Å². The summed E-state index contributed by atoms with van der Waals surface area (Å²) in [7, 11) is 0. The van der Waals surface area contributed by atoms with Gasteiger partial charge in [-0.25, -0.2) is 0 Å². The first-order valence-corrected chi connectivity index (χ1v) is 6.67. The van der Waals surface area contributed by atoms with Gasteiger partial charge in [0.15, 0.2) is 0 Å². The summed E-state index contributed by atoms with van der Waals surface area (Å²) in [6, 6.07) is 4.12. The monoisotopic (exact) mass is 241 g/mol. The molecule has 0 aliphatic carbocycles. The molecule has 2 rings (SSSR count). The van der Waals surface area contributed by atoms with Crippen LogP contribution in [0.1, 0.15) is 30.7 Å². The van der Waals surface area contributed by atoms with Gasteiger partial charge in [0.05, 0.1) is 12.7 Å². The third-order valence-electron chi connectivity index (χ3n) is 2.79. The van der Waals surface area contributed by atoms with Crippen molar-refractivity contribution in [3.63, 3.8) is 0 Å². The molecule has 3 atom stereocenters. The molecule has 2 heterocycles. The van der Waals surface area contributed by atoms with E-state index in [2.05, 4.69) is 11.4 Å². The largest absolute Gasteiger partial charge is 0.376 e. The van der Waals surface area contributed by atoms with E-state index in [1.165, 1.54) is 4.88 Å². The van der Waals surface area contributed by atoms with E-state index in [4.69, 9.17) is 15.2 Å². The van der Waals surface area contributed by atoms with Crippen molar-refractivity contribution in [1.82, 2.24) is 0 Å². The first kappa shape index (κ1) is 12.0. The minimum atomic E-state index is 0.00389. The lowest BCUT2D eigenvalue weighted by molar-refractivity contribution is -0.0272. The van der Waals surface area contributed by atoms with Gasteiger partial charge in [-0.3, -0.25) is 0 Å². The van der Waals surface area contributed by atoms with Gasteiger partial charge in [-0.1, -0.05) is 6.07 Å². The quantitative estimate of drug-likeness (QED) is 0.860. The summed E-state index contributed by atoms with van der Waals surface area (Å²) < 4.78 is 11.4. The Bertz CT molecular complexity index is 294. The van der Waals surface area contributed by atoms with Crippen molar-refractivity contribution in [1.29, 1.82) is 0 Å². The van der Waals surface area contributed by atoms with Crippen LogP contribution >= 0.6 is 11.3 Å². The topological polar surface area (TPSA) is 44.5 Å². The van der Waals surface area contributed by atoms with E-state index in [1.54, 1.807) is 11.3 Å². The smallest absolute Gasteiger partial charge is 0.107 e. The molecule has 16 heavy (non-hydrogen) atoms. The Labute approximate surface area is 101 Å². The van der Waals surface area contributed by atoms with Gasteiger partial charge >= 0.3 is 0 Å². The van der Waals surface area contributed by atoms with Gasteiger partial charge in [0.25, 0.3) is 0 Å². The zero-order chi connectivity index (χ0) is 11.4. The maximum atomic E-state index is 5.95. The zero-order valence-electron chi connectivity index (χ0n) is 9.59. The number of hydrogen-bond acceptors (Lipinski definition) is 4. The van der Waals surface area contributed by atoms with Crippen LogP contribution in [0.25, 0.3) is 0 Å². The Hall–Kier alpha value is -0.420. The molecule has 1 saturated heterocycles. The van der Waals surface area contributed by atoms with E-state index in [1.807, 2.05) is 13.0 Å². The molecular formula is C12H19NO2S. The van der Waals surface area contributed by atoms with Gasteiger partial charge in [0, 0.05) is 17.5 Å². The number of nitrogens with two attached hydrogens (primary N) is 1. The molecule has 0 radical (unpaired) electrons. The van der Waals surface area contributed by atoms with Crippen molar-refractivity contribution in [2.45, 2.75) is 38.0 Å². The standard InChI is InChI=1S/C12H19NO2S/c1-9(13)12(11-5-3-7-16-11)15-8-10-4-2-6-14-10/h3,5,7,9-10,12H,2,4,6,8,13H2,1H3. The first-order chi connectivity index (χ1) is 7.77. The lowest BCUT2D eigenvalue weighted by Gasteiger charge is -2.22. The first-order valence-electron chi connectivity index (χ1n) is 5.79.